The van der Waals surface area contributed by atoms with Crippen LogP contribution in [0.4, 0.5) is 0 Å². The van der Waals surface area contributed by atoms with Crippen LogP contribution in [0, 0.1) is 0 Å². The molecule has 10 aromatic rings. The summed E-state index contributed by atoms with van der Waals surface area (Å²) in [5, 5.41) is 2.18. The first-order valence-corrected chi connectivity index (χ1v) is 21.1. The van der Waals surface area contributed by atoms with Crippen molar-refractivity contribution >= 4 is 33.5 Å². The molecule has 11 rings (SSSR count). The molecule has 3 heterocycles. The number of likely N-dealkylation sites (N-methyl/N-ethyl adjacent to an activating group) is 1. The van der Waals surface area contributed by atoms with E-state index in [0.29, 0.717) is 0 Å². The number of rotatable bonds is 8. The van der Waals surface area contributed by atoms with E-state index in [9.17, 15) is 0 Å². The molecule has 1 aliphatic heterocycles. The number of hydrogen-bond acceptors (Lipinski definition) is 4. The highest BCUT2D eigenvalue weighted by Crippen LogP contribution is 2.49. The molecule has 1 aliphatic rings. The van der Waals surface area contributed by atoms with Gasteiger partial charge in [0.2, 0.25) is 0 Å². The molecular weight excluding hydrogens is 755 g/mol. The van der Waals surface area contributed by atoms with Crippen LogP contribution in [0.3, 0.4) is 0 Å². The van der Waals surface area contributed by atoms with Crippen molar-refractivity contribution in [3.63, 3.8) is 0 Å². The average molecular weight is 796 g/mol. The second-order valence-electron chi connectivity index (χ2n) is 15.7. The molecule has 1 unspecified atom stereocenters. The summed E-state index contributed by atoms with van der Waals surface area (Å²) in [4.78, 5) is 13.4. The zero-order chi connectivity index (χ0) is 41.4. The highest BCUT2D eigenvalue weighted by atomic mass is 16.3. The number of aromatic nitrogens is 1. The molecule has 62 heavy (non-hydrogen) atoms. The molecule has 1 atom stereocenters. The van der Waals surface area contributed by atoms with Gasteiger partial charge in [-0.3, -0.25) is 0 Å². The summed E-state index contributed by atoms with van der Waals surface area (Å²) < 4.78 is 6.60. The van der Waals surface area contributed by atoms with Crippen LogP contribution in [-0.4, -0.2) is 22.8 Å². The number of amidine groups is 1. The third kappa shape index (κ3) is 6.59. The molecule has 0 spiro atoms. The van der Waals surface area contributed by atoms with E-state index in [-0.39, 0.29) is 6.04 Å². The fourth-order valence-electron chi connectivity index (χ4n) is 9.03. The van der Waals surface area contributed by atoms with Crippen molar-refractivity contribution in [3.8, 4) is 55.9 Å². The molecule has 0 saturated heterocycles. The van der Waals surface area contributed by atoms with Crippen molar-refractivity contribution in [2.75, 3.05) is 7.05 Å². The van der Waals surface area contributed by atoms with Crippen molar-refractivity contribution in [2.24, 2.45) is 4.99 Å². The zero-order valence-corrected chi connectivity index (χ0v) is 34.2. The normalized spacial score (nSPS) is 13.9. The predicted molar refractivity (Wildman–Crippen MR) is 257 cm³/mol. The van der Waals surface area contributed by atoms with Gasteiger partial charge in [0.05, 0.1) is 23.1 Å². The Morgan fingerprint density at radius 2 is 0.919 bits per heavy atom. The van der Waals surface area contributed by atoms with Gasteiger partial charge in [0.15, 0.2) is 0 Å². The Morgan fingerprint density at radius 3 is 1.52 bits per heavy atom. The number of hydrogen-bond donors (Lipinski definition) is 0. The Bertz CT molecular complexity index is 3180. The minimum atomic E-state index is -0.165. The van der Waals surface area contributed by atoms with E-state index in [1.807, 2.05) is 12.1 Å². The van der Waals surface area contributed by atoms with Crippen LogP contribution in [0.25, 0.3) is 83.5 Å². The molecule has 0 amide bonds. The quantitative estimate of drug-likeness (QED) is 0.154. The third-order valence-corrected chi connectivity index (χ3v) is 11.9. The zero-order valence-electron chi connectivity index (χ0n) is 34.2. The molecule has 294 valence electrons. The molecule has 0 radical (unpaired) electrons. The van der Waals surface area contributed by atoms with E-state index in [2.05, 4.69) is 224 Å². The van der Waals surface area contributed by atoms with Gasteiger partial charge in [-0.2, -0.15) is 0 Å². The smallest absolute Gasteiger partial charge is 0.144 e. The lowest BCUT2D eigenvalue weighted by atomic mass is 9.82. The lowest BCUT2D eigenvalue weighted by Crippen LogP contribution is -2.33. The second kappa shape index (κ2) is 15.8. The van der Waals surface area contributed by atoms with E-state index in [0.717, 1.165) is 106 Å². The Hall–Kier alpha value is -8.08. The number of pyridine rings is 1. The number of nitrogens with zero attached hydrogens (tertiary/aromatic N) is 3. The number of benzene rings is 8. The van der Waals surface area contributed by atoms with E-state index in [1.165, 1.54) is 0 Å². The van der Waals surface area contributed by atoms with Gasteiger partial charge in [-0.25, -0.2) is 9.98 Å². The van der Waals surface area contributed by atoms with Gasteiger partial charge in [0, 0.05) is 56.8 Å². The Kier molecular flexibility index (Phi) is 9.44. The lowest BCUT2D eigenvalue weighted by molar-refractivity contribution is 0.435. The highest BCUT2D eigenvalue weighted by Gasteiger charge is 2.29. The van der Waals surface area contributed by atoms with Crippen LogP contribution in [0.2, 0.25) is 0 Å². The lowest BCUT2D eigenvalue weighted by Gasteiger charge is -2.34. The fourth-order valence-corrected chi connectivity index (χ4v) is 9.03. The predicted octanol–water partition coefficient (Wildman–Crippen LogP) is 14.8. The summed E-state index contributed by atoms with van der Waals surface area (Å²) in [6.45, 7) is 0. The summed E-state index contributed by atoms with van der Waals surface area (Å²) in [6, 6.07) is 76.7. The van der Waals surface area contributed by atoms with Crippen LogP contribution in [0.5, 0.6) is 0 Å². The monoisotopic (exact) mass is 795 g/mol. The minimum Gasteiger partial charge on any atom is -0.455 e. The molecule has 0 saturated carbocycles. The van der Waals surface area contributed by atoms with Gasteiger partial charge in [0.25, 0.3) is 0 Å². The van der Waals surface area contributed by atoms with Crippen molar-refractivity contribution in [1.29, 1.82) is 0 Å². The molecule has 2 aromatic heterocycles. The average Bonchev–Trinajstić information content (AvgIpc) is 3.74. The molecular formula is C58H41N3O. The Morgan fingerprint density at radius 1 is 0.435 bits per heavy atom. The molecule has 4 heteroatoms. The molecule has 8 aromatic carbocycles. The molecule has 4 nitrogen and oxygen atoms in total. The van der Waals surface area contributed by atoms with Crippen LogP contribution >= 0.6 is 0 Å². The van der Waals surface area contributed by atoms with Gasteiger partial charge in [-0.05, 0) is 46.5 Å². The largest absolute Gasteiger partial charge is 0.455 e. The summed E-state index contributed by atoms with van der Waals surface area (Å²) in [5.41, 5.74) is 16.3. The Balaban J connectivity index is 1.18. The topological polar surface area (TPSA) is 41.6 Å². The van der Waals surface area contributed by atoms with Crippen LogP contribution in [0.15, 0.2) is 234 Å². The molecule has 0 bridgehead atoms. The number of fused-ring (bicyclic) bond motifs is 3. The van der Waals surface area contributed by atoms with Gasteiger partial charge in [-0.15, -0.1) is 0 Å². The number of para-hydroxylation sites is 2. The maximum atomic E-state index is 6.60. The van der Waals surface area contributed by atoms with Crippen molar-refractivity contribution < 1.29 is 4.42 Å². The van der Waals surface area contributed by atoms with Crippen molar-refractivity contribution in [3.05, 3.63) is 241 Å². The SMILES string of the molecule is CN1C(c2ccccc2)=NC(c2cccc3c2oc2ccccc23)=CC1c1cccc(-c2c(-c3ccccc3)c(-c3ccccc3)nc(-c3ccccc3)c2-c2ccccc2)c1. The van der Waals surface area contributed by atoms with Gasteiger partial charge in [0.1, 0.15) is 17.0 Å². The molecule has 0 fully saturated rings. The van der Waals surface area contributed by atoms with E-state index in [4.69, 9.17) is 14.4 Å². The van der Waals surface area contributed by atoms with Gasteiger partial charge >= 0.3 is 0 Å². The minimum absolute atomic E-state index is 0.165. The molecule has 0 aliphatic carbocycles. The van der Waals surface area contributed by atoms with Gasteiger partial charge < -0.3 is 9.32 Å². The first-order valence-electron chi connectivity index (χ1n) is 21.1. The maximum Gasteiger partial charge on any atom is 0.144 e. The van der Waals surface area contributed by atoms with Crippen LogP contribution in [0.1, 0.15) is 22.7 Å². The van der Waals surface area contributed by atoms with Gasteiger partial charge in [-0.1, -0.05) is 200 Å². The highest BCUT2D eigenvalue weighted by molar-refractivity contribution is 6.10. The first kappa shape index (κ1) is 37.0. The first-order chi connectivity index (χ1) is 30.7. The van der Waals surface area contributed by atoms with Crippen LogP contribution in [-0.2, 0) is 0 Å². The summed E-state index contributed by atoms with van der Waals surface area (Å²) in [6.07, 6.45) is 2.29. The fraction of sp³-hybridized carbons (Fsp3) is 0.0345. The maximum absolute atomic E-state index is 6.60. The number of furan rings is 1. The van der Waals surface area contributed by atoms with Crippen molar-refractivity contribution in [1.82, 2.24) is 9.88 Å². The van der Waals surface area contributed by atoms with Crippen LogP contribution < -0.4 is 0 Å². The Labute approximate surface area is 361 Å². The second-order valence-corrected chi connectivity index (χ2v) is 15.7. The summed E-state index contributed by atoms with van der Waals surface area (Å²) >= 11 is 0. The third-order valence-electron chi connectivity index (χ3n) is 11.9. The summed E-state index contributed by atoms with van der Waals surface area (Å²) in [5.74, 6) is 0.892. The molecule has 0 N–H and O–H groups in total. The summed E-state index contributed by atoms with van der Waals surface area (Å²) in [7, 11) is 2.15. The standard InChI is InChI=1S/C58H41N3O/c1-61-50(38-49(59-58(61)43-29-15-6-16-30-43)48-35-20-34-47-46-33-17-18-36-51(46)62-57(47)48)44-31-19-32-45(37-44)52-53(39-21-7-2-8-22-39)55(41-25-11-4-12-26-41)60-56(42-27-13-5-14-28-42)54(52)40-23-9-3-10-24-40/h2-38,50H,1H3. The van der Waals surface area contributed by atoms with E-state index < -0.39 is 0 Å². The van der Waals surface area contributed by atoms with E-state index >= 15 is 0 Å². The number of aliphatic imine (C=N–C) groups is 1. The van der Waals surface area contributed by atoms with E-state index in [1.54, 1.807) is 0 Å². The van der Waals surface area contributed by atoms with Crippen molar-refractivity contribution in [2.45, 2.75) is 6.04 Å².